The van der Waals surface area contributed by atoms with Gasteiger partial charge in [-0.15, -0.1) is 0 Å². The summed E-state index contributed by atoms with van der Waals surface area (Å²) in [4.78, 5) is 25.1. The first-order chi connectivity index (χ1) is 14.5. The molecule has 2 saturated carbocycles. The molecule has 1 aromatic rings. The lowest BCUT2D eigenvalue weighted by molar-refractivity contribution is -0.131. The average Bonchev–Trinajstić information content (AvgIpc) is 3.48. The van der Waals surface area contributed by atoms with E-state index in [0.29, 0.717) is 12.3 Å². The van der Waals surface area contributed by atoms with E-state index in [4.69, 9.17) is 4.74 Å². The zero-order valence-electron chi connectivity index (χ0n) is 17.6. The number of piperidine rings is 1. The van der Waals surface area contributed by atoms with E-state index in [0.717, 1.165) is 24.3 Å². The van der Waals surface area contributed by atoms with Gasteiger partial charge in [-0.2, -0.15) is 0 Å². The summed E-state index contributed by atoms with van der Waals surface area (Å²) in [7, 11) is 3.43. The van der Waals surface area contributed by atoms with E-state index in [1.807, 2.05) is 0 Å². The van der Waals surface area contributed by atoms with Crippen molar-refractivity contribution >= 4 is 17.5 Å². The number of fused-ring (bicyclic) bond motifs is 1. The molecule has 1 aromatic carbocycles. The molecule has 2 heterocycles. The number of nitrogens with zero attached hydrogens (tertiary/aromatic N) is 1. The molecule has 0 bridgehead atoms. The van der Waals surface area contributed by atoms with Crippen molar-refractivity contribution in [3.63, 3.8) is 0 Å². The van der Waals surface area contributed by atoms with Crippen LogP contribution in [0.25, 0.3) is 0 Å². The van der Waals surface area contributed by atoms with Crippen LogP contribution >= 0.6 is 0 Å². The Morgan fingerprint density at radius 2 is 2.03 bits per heavy atom. The normalized spacial score (nSPS) is 31.1. The Hall–Kier alpha value is -2.32. The maximum Gasteiger partial charge on any atom is 0.244 e. The van der Waals surface area contributed by atoms with Gasteiger partial charge in [-0.3, -0.25) is 19.9 Å². The first-order valence-corrected chi connectivity index (χ1v) is 11.1. The molecule has 4 unspecified atom stereocenters. The lowest BCUT2D eigenvalue weighted by Gasteiger charge is -2.39. The van der Waals surface area contributed by atoms with Gasteiger partial charge in [0.25, 0.3) is 0 Å². The molecule has 2 aliphatic heterocycles. The topological polar surface area (TPSA) is 94.7 Å². The molecule has 2 amide bonds. The zero-order valence-corrected chi connectivity index (χ0v) is 17.6. The third-order valence-corrected chi connectivity index (χ3v) is 7.02. The number of hydrogen-bond donors (Lipinski definition) is 4. The van der Waals surface area contributed by atoms with Crippen LogP contribution in [0.1, 0.15) is 50.0 Å². The molecule has 0 aromatic heterocycles. The number of amides is 2. The second-order valence-corrected chi connectivity index (χ2v) is 9.11. The molecule has 5 rings (SSSR count). The summed E-state index contributed by atoms with van der Waals surface area (Å²) in [6.45, 7) is 0. The quantitative estimate of drug-likeness (QED) is 0.565. The van der Waals surface area contributed by atoms with Crippen LogP contribution < -0.4 is 26.1 Å². The molecule has 30 heavy (non-hydrogen) atoms. The molecule has 2 aliphatic carbocycles. The Labute approximate surface area is 177 Å². The molecule has 162 valence electrons. The molecule has 4 aliphatic rings. The minimum atomic E-state index is -0.264. The number of anilines is 1. The summed E-state index contributed by atoms with van der Waals surface area (Å²) in [6, 6.07) is 6.23. The second-order valence-electron chi connectivity index (χ2n) is 9.11. The molecule has 4 N–H and O–H groups in total. The van der Waals surface area contributed by atoms with Crippen LogP contribution in [0.3, 0.4) is 0 Å². The number of carbonyl (C=O) groups is 2. The lowest BCUT2D eigenvalue weighted by atomic mass is 9.80. The number of nitrogens with one attached hydrogen (secondary N) is 4. The van der Waals surface area contributed by atoms with Crippen LogP contribution in [0, 0.1) is 11.8 Å². The summed E-state index contributed by atoms with van der Waals surface area (Å²) in [5, 5.41) is 11.6. The number of rotatable bonds is 6. The Morgan fingerprint density at radius 1 is 1.23 bits per heavy atom. The van der Waals surface area contributed by atoms with Crippen molar-refractivity contribution in [2.75, 3.05) is 19.5 Å². The minimum Gasteiger partial charge on any atom is -0.495 e. The van der Waals surface area contributed by atoms with Gasteiger partial charge in [-0.25, -0.2) is 5.43 Å². The fourth-order valence-electron chi connectivity index (χ4n) is 4.86. The van der Waals surface area contributed by atoms with Gasteiger partial charge in [0, 0.05) is 25.4 Å². The maximum atomic E-state index is 12.8. The standard InChI is InChI=1S/C22H31N5O3/c1-27-22(29)19-16(11-18(24-20(19)26-27)25-21(28)13-6-7-13)23-15-9-8-14(10-17(15)30-2)12-4-3-5-12/h8-10,12-13,16,18-20,23-24,26H,3-7,11H2,1-2H3,(H,25,28). The van der Waals surface area contributed by atoms with Gasteiger partial charge >= 0.3 is 0 Å². The van der Waals surface area contributed by atoms with E-state index in [2.05, 4.69) is 39.6 Å². The fourth-order valence-corrected chi connectivity index (χ4v) is 4.86. The molecular weight excluding hydrogens is 382 g/mol. The highest BCUT2D eigenvalue weighted by Gasteiger charge is 2.49. The summed E-state index contributed by atoms with van der Waals surface area (Å²) in [6.07, 6.45) is 5.91. The third-order valence-electron chi connectivity index (χ3n) is 7.02. The molecule has 4 fully saturated rings. The first kappa shape index (κ1) is 19.6. The minimum absolute atomic E-state index is 0.0435. The number of methoxy groups -OCH3 is 1. The van der Waals surface area contributed by atoms with Gasteiger partial charge in [-0.05, 0) is 49.3 Å². The van der Waals surface area contributed by atoms with Crippen molar-refractivity contribution in [3.05, 3.63) is 23.8 Å². The van der Waals surface area contributed by atoms with Crippen LogP contribution in [0.15, 0.2) is 18.2 Å². The number of benzene rings is 1. The Balaban J connectivity index is 1.36. The molecular formula is C22H31N5O3. The number of ether oxygens (including phenoxy) is 1. The Kier molecular flexibility index (Phi) is 5.06. The van der Waals surface area contributed by atoms with Gasteiger partial charge < -0.3 is 15.4 Å². The molecule has 4 atom stereocenters. The van der Waals surface area contributed by atoms with Gasteiger partial charge in [0.15, 0.2) is 0 Å². The highest BCUT2D eigenvalue weighted by Crippen LogP contribution is 2.40. The molecule has 8 heteroatoms. The highest BCUT2D eigenvalue weighted by atomic mass is 16.5. The number of hydrazine groups is 1. The van der Waals surface area contributed by atoms with Crippen LogP contribution in [0.5, 0.6) is 5.75 Å². The Bertz CT molecular complexity index is 838. The molecule has 2 saturated heterocycles. The third kappa shape index (κ3) is 3.63. The smallest absolute Gasteiger partial charge is 0.244 e. The monoisotopic (exact) mass is 413 g/mol. The van der Waals surface area contributed by atoms with Gasteiger partial charge in [-0.1, -0.05) is 12.5 Å². The molecule has 0 radical (unpaired) electrons. The van der Waals surface area contributed by atoms with Crippen LogP contribution in [0.4, 0.5) is 5.69 Å². The van der Waals surface area contributed by atoms with Crippen molar-refractivity contribution in [1.82, 2.24) is 21.1 Å². The predicted octanol–water partition coefficient (Wildman–Crippen LogP) is 1.51. The molecule has 8 nitrogen and oxygen atoms in total. The summed E-state index contributed by atoms with van der Waals surface area (Å²) < 4.78 is 5.68. The van der Waals surface area contributed by atoms with Crippen LogP contribution in [-0.4, -0.2) is 49.4 Å². The van der Waals surface area contributed by atoms with E-state index >= 15 is 0 Å². The van der Waals surface area contributed by atoms with Crippen molar-refractivity contribution in [2.45, 2.75) is 62.8 Å². The summed E-state index contributed by atoms with van der Waals surface area (Å²) in [5.74, 6) is 1.47. The average molecular weight is 414 g/mol. The SMILES string of the molecule is COc1cc(C2CCC2)ccc1NC1CC(NC(=O)C2CC2)NC2NN(C)C(=O)C12. The van der Waals surface area contributed by atoms with E-state index in [1.165, 1.54) is 24.8 Å². The number of carbonyl (C=O) groups excluding carboxylic acids is 2. The van der Waals surface area contributed by atoms with Crippen molar-refractivity contribution in [2.24, 2.45) is 11.8 Å². The Morgan fingerprint density at radius 3 is 2.70 bits per heavy atom. The van der Waals surface area contributed by atoms with Crippen molar-refractivity contribution in [1.29, 1.82) is 0 Å². The van der Waals surface area contributed by atoms with Gasteiger partial charge in [0.05, 0.1) is 31.0 Å². The molecule has 0 spiro atoms. The van der Waals surface area contributed by atoms with E-state index < -0.39 is 0 Å². The second kappa shape index (κ2) is 7.74. The van der Waals surface area contributed by atoms with Crippen molar-refractivity contribution in [3.8, 4) is 5.75 Å². The van der Waals surface area contributed by atoms with Gasteiger partial charge in [0.1, 0.15) is 5.75 Å². The largest absolute Gasteiger partial charge is 0.495 e. The first-order valence-electron chi connectivity index (χ1n) is 11.1. The van der Waals surface area contributed by atoms with Crippen LogP contribution in [0.2, 0.25) is 0 Å². The van der Waals surface area contributed by atoms with E-state index in [-0.39, 0.29) is 42.0 Å². The highest BCUT2D eigenvalue weighted by molar-refractivity contribution is 5.83. The summed E-state index contributed by atoms with van der Waals surface area (Å²) >= 11 is 0. The zero-order chi connectivity index (χ0) is 20.8. The predicted molar refractivity (Wildman–Crippen MR) is 113 cm³/mol. The lowest BCUT2D eigenvalue weighted by Crippen LogP contribution is -2.63. The van der Waals surface area contributed by atoms with E-state index in [1.54, 1.807) is 19.2 Å². The fraction of sp³-hybridized carbons (Fsp3) is 0.636. The summed E-state index contributed by atoms with van der Waals surface area (Å²) in [5.41, 5.74) is 5.40. The van der Waals surface area contributed by atoms with Crippen LogP contribution in [-0.2, 0) is 9.59 Å². The number of hydrogen-bond acceptors (Lipinski definition) is 6. The van der Waals surface area contributed by atoms with Crippen molar-refractivity contribution < 1.29 is 14.3 Å². The maximum absolute atomic E-state index is 12.8. The van der Waals surface area contributed by atoms with E-state index in [9.17, 15) is 9.59 Å². The van der Waals surface area contributed by atoms with Gasteiger partial charge in [0.2, 0.25) is 11.8 Å².